The molecule has 0 aliphatic heterocycles. The topological polar surface area (TPSA) is 27.0 Å². The molecule has 0 aromatic heterocycles. The molecule has 82 valence electrons. The molecule has 0 radical (unpaired) electrons. The van der Waals surface area contributed by atoms with Crippen LogP contribution in [0.15, 0.2) is 0 Å². The second-order valence-electron chi connectivity index (χ2n) is 4.51. The summed E-state index contributed by atoms with van der Waals surface area (Å²) in [6, 6.07) is 2.55. The SMILES string of the molecule is Br.CN(C)CCC1(C#N)CCCCC1. The molecule has 0 unspecified atom stereocenters. The van der Waals surface area contributed by atoms with E-state index in [9.17, 15) is 5.26 Å². The van der Waals surface area contributed by atoms with Crippen molar-refractivity contribution in [3.63, 3.8) is 0 Å². The van der Waals surface area contributed by atoms with Crippen LogP contribution in [0.2, 0.25) is 0 Å². The van der Waals surface area contributed by atoms with Gasteiger partial charge in [-0.2, -0.15) is 5.26 Å². The Morgan fingerprint density at radius 2 is 1.79 bits per heavy atom. The fourth-order valence-electron chi connectivity index (χ4n) is 2.08. The molecule has 1 saturated carbocycles. The molecule has 1 aliphatic rings. The first-order valence-electron chi connectivity index (χ1n) is 5.24. The lowest BCUT2D eigenvalue weighted by molar-refractivity contribution is 0.220. The van der Waals surface area contributed by atoms with E-state index in [-0.39, 0.29) is 22.4 Å². The Kier molecular flexibility index (Phi) is 6.39. The van der Waals surface area contributed by atoms with Crippen molar-refractivity contribution >= 4 is 17.0 Å². The molecule has 0 aromatic carbocycles. The number of halogens is 1. The second kappa shape index (κ2) is 6.42. The Hall–Kier alpha value is -0.0700. The maximum Gasteiger partial charge on any atom is 0.0690 e. The van der Waals surface area contributed by atoms with Crippen molar-refractivity contribution in [3.05, 3.63) is 0 Å². The molecular formula is C11H21BrN2. The summed E-state index contributed by atoms with van der Waals surface area (Å²) < 4.78 is 0. The van der Waals surface area contributed by atoms with Gasteiger partial charge in [0.15, 0.2) is 0 Å². The van der Waals surface area contributed by atoms with Crippen LogP contribution in [-0.2, 0) is 0 Å². The van der Waals surface area contributed by atoms with Gasteiger partial charge in [0, 0.05) is 0 Å². The highest BCUT2D eigenvalue weighted by Crippen LogP contribution is 2.38. The smallest absolute Gasteiger partial charge is 0.0690 e. The first kappa shape index (κ1) is 13.9. The Balaban J connectivity index is 0.00000169. The van der Waals surface area contributed by atoms with Crippen LogP contribution >= 0.6 is 17.0 Å². The molecule has 1 aliphatic carbocycles. The van der Waals surface area contributed by atoms with Crippen molar-refractivity contribution in [2.24, 2.45) is 5.41 Å². The minimum absolute atomic E-state index is 0. The lowest BCUT2D eigenvalue weighted by Crippen LogP contribution is -2.27. The predicted molar refractivity (Wildman–Crippen MR) is 64.6 cm³/mol. The number of nitriles is 1. The van der Waals surface area contributed by atoms with Gasteiger partial charge in [-0.1, -0.05) is 19.3 Å². The van der Waals surface area contributed by atoms with Crippen molar-refractivity contribution in [1.82, 2.24) is 4.90 Å². The lowest BCUT2D eigenvalue weighted by Gasteiger charge is -2.31. The highest BCUT2D eigenvalue weighted by atomic mass is 79.9. The molecule has 0 bridgehead atoms. The number of hydrogen-bond donors (Lipinski definition) is 0. The molecule has 1 fully saturated rings. The Bertz CT molecular complexity index is 190. The molecule has 3 heteroatoms. The van der Waals surface area contributed by atoms with Crippen LogP contribution in [0, 0.1) is 16.7 Å². The number of nitrogens with zero attached hydrogens (tertiary/aromatic N) is 2. The molecule has 0 N–H and O–H groups in total. The van der Waals surface area contributed by atoms with E-state index in [4.69, 9.17) is 0 Å². The maximum atomic E-state index is 9.19. The zero-order valence-corrected chi connectivity index (χ0v) is 11.0. The average molecular weight is 261 g/mol. The van der Waals surface area contributed by atoms with Gasteiger partial charge in [0.2, 0.25) is 0 Å². The zero-order chi connectivity index (χ0) is 9.73. The van der Waals surface area contributed by atoms with E-state index < -0.39 is 0 Å². The van der Waals surface area contributed by atoms with Gasteiger partial charge in [-0.15, -0.1) is 17.0 Å². The molecule has 0 spiro atoms. The van der Waals surface area contributed by atoms with E-state index >= 15 is 0 Å². The van der Waals surface area contributed by atoms with Gasteiger partial charge >= 0.3 is 0 Å². The molecule has 0 amide bonds. The molecule has 14 heavy (non-hydrogen) atoms. The van der Waals surface area contributed by atoms with Crippen LogP contribution in [0.1, 0.15) is 38.5 Å². The van der Waals surface area contributed by atoms with Crippen LogP contribution in [-0.4, -0.2) is 25.5 Å². The quantitative estimate of drug-likeness (QED) is 0.780. The molecule has 1 rings (SSSR count). The van der Waals surface area contributed by atoms with Crippen molar-refractivity contribution in [2.75, 3.05) is 20.6 Å². The van der Waals surface area contributed by atoms with Crippen molar-refractivity contribution in [2.45, 2.75) is 38.5 Å². The lowest BCUT2D eigenvalue weighted by atomic mass is 9.73. The summed E-state index contributed by atoms with van der Waals surface area (Å²) in [5.74, 6) is 0. The van der Waals surface area contributed by atoms with E-state index in [2.05, 4.69) is 25.1 Å². The van der Waals surface area contributed by atoms with Gasteiger partial charge in [0.1, 0.15) is 0 Å². The monoisotopic (exact) mass is 260 g/mol. The highest BCUT2D eigenvalue weighted by Gasteiger charge is 2.31. The third-order valence-corrected chi connectivity index (χ3v) is 3.09. The molecule has 0 atom stereocenters. The van der Waals surface area contributed by atoms with Gasteiger partial charge in [-0.05, 0) is 39.9 Å². The summed E-state index contributed by atoms with van der Waals surface area (Å²) in [5.41, 5.74) is 0.0164. The van der Waals surface area contributed by atoms with Crippen molar-refractivity contribution < 1.29 is 0 Å². The Morgan fingerprint density at radius 3 is 2.21 bits per heavy atom. The van der Waals surface area contributed by atoms with Gasteiger partial charge in [-0.25, -0.2) is 0 Å². The Labute approximate surface area is 98.0 Å². The van der Waals surface area contributed by atoms with Crippen LogP contribution in [0.4, 0.5) is 0 Å². The summed E-state index contributed by atoms with van der Waals surface area (Å²) in [6.07, 6.45) is 7.12. The first-order chi connectivity index (χ1) is 6.18. The van der Waals surface area contributed by atoms with E-state index in [0.717, 1.165) is 25.8 Å². The van der Waals surface area contributed by atoms with Gasteiger partial charge in [-0.3, -0.25) is 0 Å². The third-order valence-electron chi connectivity index (χ3n) is 3.09. The summed E-state index contributed by atoms with van der Waals surface area (Å²) >= 11 is 0. The van der Waals surface area contributed by atoms with Crippen LogP contribution < -0.4 is 0 Å². The third kappa shape index (κ3) is 3.98. The normalized spacial score (nSPS) is 19.9. The molecule has 0 heterocycles. The van der Waals surface area contributed by atoms with Crippen molar-refractivity contribution in [1.29, 1.82) is 5.26 Å². The van der Waals surface area contributed by atoms with Crippen LogP contribution in [0.25, 0.3) is 0 Å². The number of hydrogen-bond acceptors (Lipinski definition) is 2. The zero-order valence-electron chi connectivity index (χ0n) is 9.25. The largest absolute Gasteiger partial charge is 0.309 e. The summed E-state index contributed by atoms with van der Waals surface area (Å²) in [7, 11) is 4.15. The van der Waals surface area contributed by atoms with Gasteiger partial charge in [0.25, 0.3) is 0 Å². The average Bonchev–Trinajstić information content (AvgIpc) is 2.16. The van der Waals surface area contributed by atoms with E-state index in [1.807, 2.05) is 0 Å². The fourth-order valence-corrected chi connectivity index (χ4v) is 2.08. The number of rotatable bonds is 3. The van der Waals surface area contributed by atoms with Gasteiger partial charge in [0.05, 0.1) is 11.5 Å². The molecular weight excluding hydrogens is 240 g/mol. The minimum atomic E-state index is 0. The summed E-state index contributed by atoms with van der Waals surface area (Å²) in [4.78, 5) is 2.17. The molecule has 2 nitrogen and oxygen atoms in total. The van der Waals surface area contributed by atoms with E-state index in [1.165, 1.54) is 19.3 Å². The second-order valence-corrected chi connectivity index (χ2v) is 4.51. The molecule has 0 aromatic rings. The van der Waals surface area contributed by atoms with Gasteiger partial charge < -0.3 is 4.90 Å². The fraction of sp³-hybridized carbons (Fsp3) is 0.909. The standard InChI is InChI=1S/C11H20N2.BrH/c1-13(2)9-8-11(10-12)6-4-3-5-7-11;/h3-9H2,1-2H3;1H. The summed E-state index contributed by atoms with van der Waals surface area (Å²) in [6.45, 7) is 1.05. The van der Waals surface area contributed by atoms with E-state index in [0.29, 0.717) is 0 Å². The Morgan fingerprint density at radius 1 is 1.21 bits per heavy atom. The summed E-state index contributed by atoms with van der Waals surface area (Å²) in [5, 5.41) is 9.19. The van der Waals surface area contributed by atoms with Crippen molar-refractivity contribution in [3.8, 4) is 6.07 Å². The maximum absolute atomic E-state index is 9.19. The molecule has 0 saturated heterocycles. The van der Waals surface area contributed by atoms with Crippen LogP contribution in [0.5, 0.6) is 0 Å². The van der Waals surface area contributed by atoms with E-state index in [1.54, 1.807) is 0 Å². The van der Waals surface area contributed by atoms with Crippen LogP contribution in [0.3, 0.4) is 0 Å². The first-order valence-corrected chi connectivity index (χ1v) is 5.24. The minimum Gasteiger partial charge on any atom is -0.309 e. The predicted octanol–water partition coefficient (Wildman–Crippen LogP) is 2.99. The highest BCUT2D eigenvalue weighted by molar-refractivity contribution is 8.93.